The molecule has 6 heterocycles. The fourth-order valence-electron chi connectivity index (χ4n) is 8.17. The van der Waals surface area contributed by atoms with Crippen molar-refractivity contribution in [3.8, 4) is 11.5 Å². The summed E-state index contributed by atoms with van der Waals surface area (Å²) in [6, 6.07) is 25.1. The number of aromatic amines is 1. The van der Waals surface area contributed by atoms with Crippen LogP contribution >= 0.6 is 7.60 Å². The van der Waals surface area contributed by atoms with Crippen molar-refractivity contribution in [2.45, 2.75) is 55.3 Å². The van der Waals surface area contributed by atoms with E-state index in [2.05, 4.69) is 29.9 Å². The van der Waals surface area contributed by atoms with Crippen LogP contribution in [0, 0.1) is 0 Å². The molecule has 0 aliphatic carbocycles. The number of benzene rings is 3. The van der Waals surface area contributed by atoms with Crippen molar-refractivity contribution in [2.24, 2.45) is 0 Å². The van der Waals surface area contributed by atoms with Crippen molar-refractivity contribution >= 4 is 41.7 Å². The van der Waals surface area contributed by atoms with Crippen LogP contribution in [0.25, 0.3) is 22.3 Å². The van der Waals surface area contributed by atoms with Crippen molar-refractivity contribution in [3.63, 3.8) is 0 Å². The molecule has 2 saturated heterocycles. The number of imidazole rings is 2. The second kappa shape index (κ2) is 17.1. The van der Waals surface area contributed by atoms with Crippen molar-refractivity contribution in [1.82, 2.24) is 39.0 Å². The summed E-state index contributed by atoms with van der Waals surface area (Å²) < 4.78 is 61.0. The first-order chi connectivity index (χ1) is 30.5. The van der Waals surface area contributed by atoms with E-state index in [4.69, 9.17) is 44.2 Å². The Morgan fingerprint density at radius 1 is 0.794 bits per heavy atom. The summed E-state index contributed by atoms with van der Waals surface area (Å²) in [7, 11) is -0.712. The van der Waals surface area contributed by atoms with Crippen LogP contribution in [0.1, 0.15) is 42.0 Å². The molecular weight excluding hydrogens is 835 g/mol. The number of fused-ring (bicyclic) bond motifs is 2. The maximum atomic E-state index is 14.3. The van der Waals surface area contributed by atoms with Gasteiger partial charge in [-0.05, 0) is 41.0 Å². The Labute approximate surface area is 359 Å². The predicted octanol–water partition coefficient (Wildman–Crippen LogP) is 4.31. The average Bonchev–Trinajstić information content (AvgIpc) is 4.09. The van der Waals surface area contributed by atoms with E-state index >= 15 is 0 Å². The number of aliphatic hydroxyl groups is 1. The molecule has 4 aromatic heterocycles. The van der Waals surface area contributed by atoms with Crippen LogP contribution in [0.5, 0.6) is 11.5 Å². The molecule has 21 heteroatoms. The van der Waals surface area contributed by atoms with Gasteiger partial charge in [-0.2, -0.15) is 4.98 Å². The number of ether oxygens (including phenoxy) is 5. The second-order valence-electron chi connectivity index (χ2n) is 15.2. The first kappa shape index (κ1) is 42.1. The smallest absolute Gasteiger partial charge is 0.328 e. The molecule has 6 N–H and O–H groups in total. The van der Waals surface area contributed by atoms with Gasteiger partial charge in [0.2, 0.25) is 5.95 Å². The van der Waals surface area contributed by atoms with Gasteiger partial charge in [0.05, 0.1) is 52.3 Å². The molecule has 0 bridgehead atoms. The third kappa shape index (κ3) is 8.13. The largest absolute Gasteiger partial charge is 0.497 e. The normalized spacial score (nSPS) is 22.4. The van der Waals surface area contributed by atoms with E-state index in [1.54, 1.807) is 25.1 Å². The van der Waals surface area contributed by atoms with Gasteiger partial charge in [0.1, 0.15) is 53.6 Å². The molecule has 0 spiro atoms. The molecule has 2 aliphatic heterocycles. The van der Waals surface area contributed by atoms with Gasteiger partial charge < -0.3 is 49.3 Å². The summed E-state index contributed by atoms with van der Waals surface area (Å²) in [4.78, 5) is 36.0. The lowest BCUT2D eigenvalue weighted by molar-refractivity contribution is -0.0919. The maximum Gasteiger partial charge on any atom is 0.328 e. The van der Waals surface area contributed by atoms with Crippen LogP contribution < -0.4 is 26.5 Å². The Balaban J connectivity index is 1.00. The third-order valence-electron chi connectivity index (χ3n) is 11.3. The predicted molar refractivity (Wildman–Crippen MR) is 228 cm³/mol. The van der Waals surface area contributed by atoms with E-state index in [1.165, 1.54) is 23.9 Å². The number of aliphatic hydroxyl groups excluding tert-OH is 1. The molecule has 9 rings (SSSR count). The first-order valence-electron chi connectivity index (χ1n) is 20.0. The van der Waals surface area contributed by atoms with Gasteiger partial charge in [0.15, 0.2) is 22.6 Å². The number of methoxy groups -OCH3 is 2. The number of hydrogen-bond donors (Lipinski definition) is 4. The maximum absolute atomic E-state index is 14.3. The molecular formula is C42H45N10O10P. The topological polar surface area (TPSA) is 261 Å². The van der Waals surface area contributed by atoms with Crippen molar-refractivity contribution < 1.29 is 42.4 Å². The minimum absolute atomic E-state index is 0.0652. The molecule has 2 fully saturated rings. The van der Waals surface area contributed by atoms with Gasteiger partial charge in [0, 0.05) is 19.5 Å². The van der Waals surface area contributed by atoms with Crippen LogP contribution in [0.4, 0.5) is 11.8 Å². The highest BCUT2D eigenvalue weighted by atomic mass is 31.2. The van der Waals surface area contributed by atoms with Gasteiger partial charge in [-0.25, -0.2) is 19.9 Å². The van der Waals surface area contributed by atoms with Crippen LogP contribution in [0.3, 0.4) is 0 Å². The van der Waals surface area contributed by atoms with Crippen LogP contribution in [0.2, 0.25) is 0 Å². The van der Waals surface area contributed by atoms with Gasteiger partial charge in [-0.1, -0.05) is 54.6 Å². The standard InChI is InChI=1S/C42H45N10O10P/c1-56-27-13-9-25(10-14-27)42(24-7-5-4-6-8-24,26-11-15-28(57-2)16-12-26)58-19-32-30(18-34(61-32)51-22-47-35-37(43)45-21-46-38(35)51)62-63(3,55)59-20-31-29(53)17-33(60-31)52-23-48-36-39(52)49-41(44)50-40(36)54/h4-16,21-23,29-34,53H,17-20H2,1-3H3,(H2,43,45,46)(H3,44,49,50,54)/t29-,30-,31+,32+,33+,34+,63?/m0/s1. The van der Waals surface area contributed by atoms with Crippen LogP contribution in [-0.4, -0.2) is 103 Å². The molecule has 0 radical (unpaired) electrons. The molecule has 328 valence electrons. The Morgan fingerprint density at radius 3 is 2.06 bits per heavy atom. The molecule has 2 aliphatic rings. The molecule has 63 heavy (non-hydrogen) atoms. The Morgan fingerprint density at radius 2 is 1.40 bits per heavy atom. The number of hydrogen-bond acceptors (Lipinski definition) is 17. The lowest BCUT2D eigenvalue weighted by Crippen LogP contribution is -2.38. The SMILES string of the molecule is COc1ccc(C(OC[C@H]2O[C@@H](n3cnc4c(N)ncnc43)C[C@@H]2OP(C)(=O)OC[C@H]2O[C@@H](n3cnc4c(=O)[nH]c(N)nc43)C[C@@H]2O)(c2ccccc2)c2ccc(OC)cc2)cc1. The number of nitrogens with zero attached hydrogens (tertiary/aromatic N) is 7. The van der Waals surface area contributed by atoms with E-state index in [1.807, 2.05) is 78.9 Å². The lowest BCUT2D eigenvalue weighted by Gasteiger charge is -2.37. The Bertz CT molecular complexity index is 2780. The number of aromatic nitrogens is 8. The highest BCUT2D eigenvalue weighted by molar-refractivity contribution is 7.53. The first-order valence-corrected chi connectivity index (χ1v) is 22.0. The number of rotatable bonds is 15. The Hall–Kier alpha value is -6.25. The summed E-state index contributed by atoms with van der Waals surface area (Å²) >= 11 is 0. The zero-order valence-electron chi connectivity index (χ0n) is 34.4. The summed E-state index contributed by atoms with van der Waals surface area (Å²) in [5.41, 5.74) is 13.7. The monoisotopic (exact) mass is 880 g/mol. The number of nitrogens with two attached hydrogens (primary N) is 2. The Kier molecular flexibility index (Phi) is 11.4. The molecule has 20 nitrogen and oxygen atoms in total. The van der Waals surface area contributed by atoms with E-state index in [0.29, 0.717) is 22.7 Å². The molecule has 7 aromatic rings. The second-order valence-corrected chi connectivity index (χ2v) is 17.2. The van der Waals surface area contributed by atoms with Crippen LogP contribution in [-0.2, 0) is 33.4 Å². The minimum Gasteiger partial charge on any atom is -0.497 e. The number of nitrogen functional groups attached to an aromatic ring is 2. The van der Waals surface area contributed by atoms with Gasteiger partial charge in [0.25, 0.3) is 5.56 Å². The quantitative estimate of drug-likeness (QED) is 0.0826. The van der Waals surface area contributed by atoms with Crippen molar-refractivity contribution in [1.29, 1.82) is 0 Å². The van der Waals surface area contributed by atoms with E-state index < -0.39 is 55.6 Å². The van der Waals surface area contributed by atoms with Gasteiger partial charge >= 0.3 is 7.60 Å². The number of nitrogens with one attached hydrogen (secondary N) is 1. The summed E-state index contributed by atoms with van der Waals surface area (Å²) in [5, 5.41) is 11.0. The van der Waals surface area contributed by atoms with E-state index in [0.717, 1.165) is 16.7 Å². The highest BCUT2D eigenvalue weighted by Crippen LogP contribution is 2.51. The molecule has 7 atom stereocenters. The fraction of sp³-hybridized carbons (Fsp3) is 0.333. The van der Waals surface area contributed by atoms with Crippen molar-refractivity contribution in [2.75, 3.05) is 45.6 Å². The fourth-order valence-corrected chi connectivity index (χ4v) is 9.36. The lowest BCUT2D eigenvalue weighted by atomic mass is 9.80. The summed E-state index contributed by atoms with van der Waals surface area (Å²) in [6.45, 7) is 0.994. The molecule has 0 saturated carbocycles. The number of H-pyrrole nitrogens is 1. The number of anilines is 2. The third-order valence-corrected chi connectivity index (χ3v) is 12.6. The zero-order valence-corrected chi connectivity index (χ0v) is 35.3. The molecule has 1 unspecified atom stereocenters. The molecule has 3 aromatic carbocycles. The molecule has 0 amide bonds. The average molecular weight is 881 g/mol. The minimum atomic E-state index is -3.92. The van der Waals surface area contributed by atoms with Crippen molar-refractivity contribution in [3.05, 3.63) is 125 Å². The highest BCUT2D eigenvalue weighted by Gasteiger charge is 2.46. The van der Waals surface area contributed by atoms with Crippen LogP contribution in [0.15, 0.2) is 103 Å². The van der Waals surface area contributed by atoms with E-state index in [-0.39, 0.29) is 49.0 Å². The van der Waals surface area contributed by atoms with Gasteiger partial charge in [-0.15, -0.1) is 0 Å². The zero-order chi connectivity index (χ0) is 43.9. The summed E-state index contributed by atoms with van der Waals surface area (Å²) in [6.07, 6.45) is -0.539. The van der Waals surface area contributed by atoms with E-state index in [9.17, 15) is 14.5 Å². The summed E-state index contributed by atoms with van der Waals surface area (Å²) in [5.74, 6) is 1.45. The van der Waals surface area contributed by atoms with Gasteiger partial charge in [-0.3, -0.25) is 23.5 Å².